The molecule has 0 bridgehead atoms. The standard InChI is InChI=1S/C8H11N7/c1-4-2-11-3-5(4)12-8-14-6(9)13-7(10)15-8/h2-3,11H,1H3,(H5,9,10,12,13,14,15). The van der Waals surface area contributed by atoms with Crippen LogP contribution in [0.25, 0.3) is 0 Å². The van der Waals surface area contributed by atoms with Crippen molar-refractivity contribution in [2.45, 2.75) is 6.92 Å². The number of hydrogen-bond donors (Lipinski definition) is 4. The predicted molar refractivity (Wildman–Crippen MR) is 57.5 cm³/mol. The SMILES string of the molecule is Cc1c[nH]cc1Nc1nc(N)nc(N)n1. The fourth-order valence-electron chi connectivity index (χ4n) is 1.16. The number of nitrogen functional groups attached to an aromatic ring is 2. The van der Waals surface area contributed by atoms with Gasteiger partial charge in [0.15, 0.2) is 0 Å². The predicted octanol–water partition coefficient (Wildman–Crippen LogP) is 0.416. The largest absolute Gasteiger partial charge is 0.368 e. The number of nitrogens with one attached hydrogen (secondary N) is 2. The number of aromatic nitrogens is 4. The highest BCUT2D eigenvalue weighted by atomic mass is 15.2. The first-order valence-electron chi connectivity index (χ1n) is 4.32. The summed E-state index contributed by atoms with van der Waals surface area (Å²) < 4.78 is 0. The number of nitrogens with zero attached hydrogens (tertiary/aromatic N) is 3. The maximum atomic E-state index is 5.44. The van der Waals surface area contributed by atoms with E-state index in [1.165, 1.54) is 0 Å². The minimum absolute atomic E-state index is 0.0955. The fourth-order valence-corrected chi connectivity index (χ4v) is 1.16. The Hall–Kier alpha value is -2.31. The van der Waals surface area contributed by atoms with Gasteiger partial charge < -0.3 is 21.8 Å². The van der Waals surface area contributed by atoms with Gasteiger partial charge in [0, 0.05) is 12.4 Å². The molecule has 0 unspecified atom stereocenters. The fraction of sp³-hybridized carbons (Fsp3) is 0.125. The summed E-state index contributed by atoms with van der Waals surface area (Å²) in [6.45, 7) is 1.95. The second-order valence-electron chi connectivity index (χ2n) is 3.05. The molecule has 0 spiro atoms. The van der Waals surface area contributed by atoms with E-state index in [2.05, 4.69) is 25.3 Å². The van der Waals surface area contributed by atoms with Crippen LogP contribution in [0.1, 0.15) is 5.56 Å². The minimum atomic E-state index is 0.0955. The van der Waals surface area contributed by atoms with E-state index >= 15 is 0 Å². The van der Waals surface area contributed by atoms with Crippen LogP contribution in [0.5, 0.6) is 0 Å². The second kappa shape index (κ2) is 3.45. The highest BCUT2D eigenvalue weighted by Crippen LogP contribution is 2.17. The van der Waals surface area contributed by atoms with Crippen molar-refractivity contribution in [1.29, 1.82) is 0 Å². The maximum Gasteiger partial charge on any atom is 0.233 e. The number of hydrogen-bond acceptors (Lipinski definition) is 6. The third-order valence-corrected chi connectivity index (χ3v) is 1.87. The van der Waals surface area contributed by atoms with Gasteiger partial charge in [0.25, 0.3) is 0 Å². The maximum absolute atomic E-state index is 5.44. The highest BCUT2D eigenvalue weighted by Gasteiger charge is 2.04. The zero-order valence-corrected chi connectivity index (χ0v) is 8.15. The summed E-state index contributed by atoms with van der Waals surface area (Å²) in [7, 11) is 0. The zero-order chi connectivity index (χ0) is 10.8. The summed E-state index contributed by atoms with van der Waals surface area (Å²) in [5.74, 6) is 0.527. The normalized spacial score (nSPS) is 10.2. The molecular formula is C8H11N7. The minimum Gasteiger partial charge on any atom is -0.368 e. The van der Waals surface area contributed by atoms with Crippen molar-refractivity contribution in [1.82, 2.24) is 19.9 Å². The van der Waals surface area contributed by atoms with Crippen LogP contribution in [0.2, 0.25) is 0 Å². The Morgan fingerprint density at radius 2 is 1.80 bits per heavy atom. The lowest BCUT2D eigenvalue weighted by atomic mass is 10.3. The quantitative estimate of drug-likeness (QED) is 0.564. The molecule has 6 N–H and O–H groups in total. The van der Waals surface area contributed by atoms with E-state index in [9.17, 15) is 0 Å². The summed E-state index contributed by atoms with van der Waals surface area (Å²) in [5, 5.41) is 2.98. The van der Waals surface area contributed by atoms with Gasteiger partial charge in [0.2, 0.25) is 17.8 Å². The monoisotopic (exact) mass is 205 g/mol. The molecule has 0 aliphatic carbocycles. The Bertz CT molecular complexity index is 455. The Labute approximate surface area is 86.0 Å². The van der Waals surface area contributed by atoms with Gasteiger partial charge in [-0.05, 0) is 12.5 Å². The average molecular weight is 205 g/mol. The molecule has 0 saturated carbocycles. The van der Waals surface area contributed by atoms with Gasteiger partial charge in [-0.15, -0.1) is 0 Å². The number of anilines is 4. The lowest BCUT2D eigenvalue weighted by Gasteiger charge is -2.04. The number of H-pyrrole nitrogens is 1. The molecule has 0 aliphatic heterocycles. The van der Waals surface area contributed by atoms with Gasteiger partial charge in [0.05, 0.1) is 5.69 Å². The third kappa shape index (κ3) is 1.96. The van der Waals surface area contributed by atoms with Gasteiger partial charge in [-0.3, -0.25) is 0 Å². The molecule has 2 rings (SSSR count). The number of aromatic amines is 1. The molecule has 0 aliphatic rings. The zero-order valence-electron chi connectivity index (χ0n) is 8.15. The molecule has 0 aromatic carbocycles. The molecule has 0 radical (unpaired) electrons. The van der Waals surface area contributed by atoms with Crippen LogP contribution in [0.3, 0.4) is 0 Å². The van der Waals surface area contributed by atoms with Crippen LogP contribution in [0.4, 0.5) is 23.5 Å². The van der Waals surface area contributed by atoms with Gasteiger partial charge >= 0.3 is 0 Å². The first kappa shape index (κ1) is 9.25. The van der Waals surface area contributed by atoms with Crippen molar-refractivity contribution >= 4 is 23.5 Å². The molecule has 0 amide bonds. The summed E-state index contributed by atoms with van der Waals surface area (Å²) in [5.41, 5.74) is 12.8. The molecule has 2 heterocycles. The molecule has 2 aromatic heterocycles. The van der Waals surface area contributed by atoms with Crippen LogP contribution in [0, 0.1) is 6.92 Å². The van der Waals surface area contributed by atoms with Crippen molar-refractivity contribution < 1.29 is 0 Å². The van der Waals surface area contributed by atoms with Crippen LogP contribution in [-0.4, -0.2) is 19.9 Å². The topological polar surface area (TPSA) is 119 Å². The van der Waals surface area contributed by atoms with E-state index in [0.717, 1.165) is 11.3 Å². The van der Waals surface area contributed by atoms with Crippen molar-refractivity contribution in [3.63, 3.8) is 0 Å². The molecule has 0 fully saturated rings. The van der Waals surface area contributed by atoms with Crippen LogP contribution < -0.4 is 16.8 Å². The van der Waals surface area contributed by atoms with Gasteiger partial charge in [-0.2, -0.15) is 15.0 Å². The van der Waals surface area contributed by atoms with Crippen molar-refractivity contribution in [3.05, 3.63) is 18.0 Å². The molecule has 0 saturated heterocycles. The summed E-state index contributed by atoms with van der Waals surface area (Å²) >= 11 is 0. The molecule has 7 heteroatoms. The molecular weight excluding hydrogens is 194 g/mol. The molecule has 15 heavy (non-hydrogen) atoms. The smallest absolute Gasteiger partial charge is 0.233 e. The van der Waals surface area contributed by atoms with E-state index in [1.54, 1.807) is 6.20 Å². The van der Waals surface area contributed by atoms with Crippen LogP contribution in [0.15, 0.2) is 12.4 Å². The van der Waals surface area contributed by atoms with E-state index in [4.69, 9.17) is 11.5 Å². The van der Waals surface area contributed by atoms with E-state index in [-0.39, 0.29) is 11.9 Å². The molecule has 7 nitrogen and oxygen atoms in total. The highest BCUT2D eigenvalue weighted by molar-refractivity contribution is 5.58. The van der Waals surface area contributed by atoms with E-state index < -0.39 is 0 Å². The Morgan fingerprint density at radius 1 is 1.13 bits per heavy atom. The first-order valence-corrected chi connectivity index (χ1v) is 4.32. The van der Waals surface area contributed by atoms with Crippen molar-refractivity contribution in [3.8, 4) is 0 Å². The van der Waals surface area contributed by atoms with Gasteiger partial charge in [-0.25, -0.2) is 0 Å². The van der Waals surface area contributed by atoms with Crippen LogP contribution in [-0.2, 0) is 0 Å². The average Bonchev–Trinajstić information content (AvgIpc) is 2.50. The van der Waals surface area contributed by atoms with Crippen molar-refractivity contribution in [2.24, 2.45) is 0 Å². The van der Waals surface area contributed by atoms with Gasteiger partial charge in [0.1, 0.15) is 0 Å². The molecule has 0 atom stereocenters. The third-order valence-electron chi connectivity index (χ3n) is 1.87. The number of aryl methyl sites for hydroxylation is 1. The van der Waals surface area contributed by atoms with Gasteiger partial charge in [-0.1, -0.05) is 0 Å². The molecule has 78 valence electrons. The number of rotatable bonds is 2. The Morgan fingerprint density at radius 3 is 2.33 bits per heavy atom. The summed E-state index contributed by atoms with van der Waals surface area (Å²) in [4.78, 5) is 14.4. The van der Waals surface area contributed by atoms with Crippen molar-refractivity contribution in [2.75, 3.05) is 16.8 Å². The Kier molecular flexibility index (Phi) is 2.13. The summed E-state index contributed by atoms with van der Waals surface area (Å²) in [6, 6.07) is 0. The van der Waals surface area contributed by atoms with Crippen LogP contribution >= 0.6 is 0 Å². The summed E-state index contributed by atoms with van der Waals surface area (Å²) in [6.07, 6.45) is 3.65. The first-order chi connectivity index (χ1) is 7.15. The second-order valence-corrected chi connectivity index (χ2v) is 3.05. The lowest BCUT2D eigenvalue weighted by Crippen LogP contribution is -2.06. The lowest BCUT2D eigenvalue weighted by molar-refractivity contribution is 1.08. The molecule has 2 aromatic rings. The van der Waals surface area contributed by atoms with E-state index in [0.29, 0.717) is 5.95 Å². The number of nitrogens with two attached hydrogens (primary N) is 2. The van der Waals surface area contributed by atoms with E-state index in [1.807, 2.05) is 13.1 Å². The Balaban J connectivity index is 2.28.